The molecule has 6 nitrogen and oxygen atoms in total. The number of thiophene rings is 1. The van der Waals surface area contributed by atoms with Gasteiger partial charge in [0.25, 0.3) is 11.6 Å². The van der Waals surface area contributed by atoms with Crippen molar-refractivity contribution in [1.82, 2.24) is 4.90 Å². The number of amides is 1. The molecule has 2 heterocycles. The summed E-state index contributed by atoms with van der Waals surface area (Å²) in [5.41, 5.74) is 1.30. The summed E-state index contributed by atoms with van der Waals surface area (Å²) in [6, 6.07) is 11.5. The Labute approximate surface area is 148 Å². The SMILES string of the molecule is O=C(c1ccc([N+](=O)[O-])cc1)N(CCc1cccs1)Cc1ccoc1. The fourth-order valence-electron chi connectivity index (χ4n) is 2.46. The number of furan rings is 1. The molecule has 0 atom stereocenters. The zero-order valence-corrected chi connectivity index (χ0v) is 14.1. The maximum Gasteiger partial charge on any atom is 0.269 e. The van der Waals surface area contributed by atoms with Crippen LogP contribution in [0.4, 0.5) is 5.69 Å². The van der Waals surface area contributed by atoms with E-state index in [1.807, 2.05) is 23.6 Å². The minimum absolute atomic E-state index is 0.0310. The van der Waals surface area contributed by atoms with E-state index in [0.29, 0.717) is 18.7 Å². The van der Waals surface area contributed by atoms with Crippen LogP contribution in [-0.4, -0.2) is 22.3 Å². The molecule has 25 heavy (non-hydrogen) atoms. The Bertz CT molecular complexity index is 827. The molecule has 0 saturated heterocycles. The number of nitrogens with zero attached hydrogens (tertiary/aromatic N) is 2. The molecule has 0 unspecified atom stereocenters. The van der Waals surface area contributed by atoms with Crippen molar-refractivity contribution in [3.05, 3.63) is 86.5 Å². The Kier molecular flexibility index (Phi) is 5.25. The molecule has 0 aliphatic rings. The van der Waals surface area contributed by atoms with E-state index in [-0.39, 0.29) is 11.6 Å². The van der Waals surface area contributed by atoms with Gasteiger partial charge in [0, 0.05) is 41.2 Å². The van der Waals surface area contributed by atoms with Crippen LogP contribution in [0.3, 0.4) is 0 Å². The second-order valence-corrected chi connectivity index (χ2v) is 6.52. The van der Waals surface area contributed by atoms with Crippen LogP contribution in [-0.2, 0) is 13.0 Å². The van der Waals surface area contributed by atoms with E-state index in [0.717, 1.165) is 12.0 Å². The third-order valence-corrected chi connectivity index (χ3v) is 4.71. The molecule has 3 aromatic rings. The van der Waals surface area contributed by atoms with E-state index in [2.05, 4.69) is 0 Å². The summed E-state index contributed by atoms with van der Waals surface area (Å²) in [4.78, 5) is 26.1. The number of non-ortho nitro benzene ring substituents is 1. The third-order valence-electron chi connectivity index (χ3n) is 3.77. The minimum atomic E-state index is -0.478. The fraction of sp³-hybridized carbons (Fsp3) is 0.167. The highest BCUT2D eigenvalue weighted by Gasteiger charge is 2.18. The van der Waals surface area contributed by atoms with Crippen LogP contribution in [0.25, 0.3) is 0 Å². The highest BCUT2D eigenvalue weighted by Crippen LogP contribution is 2.17. The van der Waals surface area contributed by atoms with Crippen molar-refractivity contribution in [2.75, 3.05) is 6.54 Å². The van der Waals surface area contributed by atoms with Gasteiger partial charge >= 0.3 is 0 Å². The fourth-order valence-corrected chi connectivity index (χ4v) is 3.16. The number of hydrogen-bond acceptors (Lipinski definition) is 5. The average Bonchev–Trinajstić information content (AvgIpc) is 3.31. The molecule has 128 valence electrons. The Morgan fingerprint density at radius 1 is 1.20 bits per heavy atom. The van der Waals surface area contributed by atoms with E-state index in [1.165, 1.54) is 29.1 Å². The summed E-state index contributed by atoms with van der Waals surface area (Å²) >= 11 is 1.65. The van der Waals surface area contributed by atoms with Crippen LogP contribution >= 0.6 is 11.3 Å². The minimum Gasteiger partial charge on any atom is -0.472 e. The summed E-state index contributed by atoms with van der Waals surface area (Å²) < 4.78 is 5.08. The maximum atomic E-state index is 12.8. The van der Waals surface area contributed by atoms with Gasteiger partial charge in [-0.25, -0.2) is 0 Å². The quantitative estimate of drug-likeness (QED) is 0.471. The van der Waals surface area contributed by atoms with E-state index < -0.39 is 4.92 Å². The molecule has 0 aliphatic carbocycles. The lowest BCUT2D eigenvalue weighted by Gasteiger charge is -2.22. The first kappa shape index (κ1) is 16.9. The molecule has 0 spiro atoms. The van der Waals surface area contributed by atoms with E-state index in [9.17, 15) is 14.9 Å². The van der Waals surface area contributed by atoms with E-state index >= 15 is 0 Å². The van der Waals surface area contributed by atoms with Gasteiger partial charge in [-0.1, -0.05) is 6.07 Å². The second-order valence-electron chi connectivity index (χ2n) is 5.49. The Balaban J connectivity index is 1.76. The zero-order chi connectivity index (χ0) is 17.6. The topological polar surface area (TPSA) is 76.6 Å². The summed E-state index contributed by atoms with van der Waals surface area (Å²) in [5.74, 6) is -0.160. The number of hydrogen-bond donors (Lipinski definition) is 0. The van der Waals surface area contributed by atoms with Gasteiger partial charge in [0.05, 0.1) is 17.4 Å². The first-order valence-corrected chi connectivity index (χ1v) is 8.58. The monoisotopic (exact) mass is 356 g/mol. The zero-order valence-electron chi connectivity index (χ0n) is 13.3. The van der Waals surface area contributed by atoms with Gasteiger partial charge in [-0.15, -0.1) is 11.3 Å². The van der Waals surface area contributed by atoms with Gasteiger partial charge in [0.1, 0.15) is 0 Å². The number of nitro groups is 1. The molecule has 0 N–H and O–H groups in total. The van der Waals surface area contributed by atoms with Crippen molar-refractivity contribution in [2.45, 2.75) is 13.0 Å². The van der Waals surface area contributed by atoms with Gasteiger partial charge in [-0.05, 0) is 36.1 Å². The predicted molar refractivity (Wildman–Crippen MR) is 94.6 cm³/mol. The molecule has 7 heteroatoms. The van der Waals surface area contributed by atoms with Crippen molar-refractivity contribution < 1.29 is 14.1 Å². The van der Waals surface area contributed by atoms with Gasteiger partial charge in [0.15, 0.2) is 0 Å². The predicted octanol–water partition coefficient (Wildman–Crippen LogP) is 4.13. The van der Waals surface area contributed by atoms with Gasteiger partial charge in [-0.3, -0.25) is 14.9 Å². The van der Waals surface area contributed by atoms with Crippen LogP contribution in [0.15, 0.2) is 64.8 Å². The molecule has 1 amide bonds. The Morgan fingerprint density at radius 2 is 2.00 bits per heavy atom. The number of benzene rings is 1. The summed E-state index contributed by atoms with van der Waals surface area (Å²) in [7, 11) is 0. The first-order chi connectivity index (χ1) is 12.1. The highest BCUT2D eigenvalue weighted by molar-refractivity contribution is 7.09. The normalized spacial score (nSPS) is 10.6. The molecule has 0 fully saturated rings. The van der Waals surface area contributed by atoms with Crippen molar-refractivity contribution in [3.8, 4) is 0 Å². The van der Waals surface area contributed by atoms with Crippen LogP contribution in [0, 0.1) is 10.1 Å². The standard InChI is InChI=1S/C18H16N2O4S/c21-18(15-3-5-16(6-4-15)20(22)23)19(12-14-8-10-24-13-14)9-7-17-2-1-11-25-17/h1-6,8,10-11,13H,7,9,12H2. The van der Waals surface area contributed by atoms with Crippen LogP contribution in [0.1, 0.15) is 20.8 Å². The second kappa shape index (κ2) is 7.76. The molecule has 3 rings (SSSR count). The van der Waals surface area contributed by atoms with E-state index in [1.54, 1.807) is 28.8 Å². The molecule has 0 bridgehead atoms. The number of nitro benzene ring substituents is 1. The maximum absolute atomic E-state index is 12.8. The largest absolute Gasteiger partial charge is 0.472 e. The Hall–Kier alpha value is -2.93. The van der Waals surface area contributed by atoms with Crippen molar-refractivity contribution >= 4 is 22.9 Å². The van der Waals surface area contributed by atoms with Gasteiger partial charge < -0.3 is 9.32 Å². The number of carbonyl (C=O) groups excluding carboxylic acids is 1. The first-order valence-electron chi connectivity index (χ1n) is 7.70. The average molecular weight is 356 g/mol. The Morgan fingerprint density at radius 3 is 2.60 bits per heavy atom. The molecule has 0 saturated carbocycles. The third kappa shape index (κ3) is 4.33. The van der Waals surface area contributed by atoms with Crippen LogP contribution in [0.5, 0.6) is 0 Å². The highest BCUT2D eigenvalue weighted by atomic mass is 32.1. The van der Waals surface area contributed by atoms with Crippen molar-refractivity contribution in [1.29, 1.82) is 0 Å². The lowest BCUT2D eigenvalue weighted by atomic mass is 10.1. The van der Waals surface area contributed by atoms with E-state index in [4.69, 9.17) is 4.42 Å². The van der Waals surface area contributed by atoms with Crippen LogP contribution < -0.4 is 0 Å². The van der Waals surface area contributed by atoms with Crippen molar-refractivity contribution in [2.24, 2.45) is 0 Å². The molecule has 0 aliphatic heterocycles. The molecular formula is C18H16N2O4S. The van der Waals surface area contributed by atoms with Gasteiger partial charge in [0.2, 0.25) is 0 Å². The number of carbonyl (C=O) groups is 1. The smallest absolute Gasteiger partial charge is 0.269 e. The number of rotatable bonds is 7. The molecule has 2 aromatic heterocycles. The summed E-state index contributed by atoms with van der Waals surface area (Å²) in [6.07, 6.45) is 3.94. The molecule has 1 aromatic carbocycles. The van der Waals surface area contributed by atoms with Gasteiger partial charge in [-0.2, -0.15) is 0 Å². The summed E-state index contributed by atoms with van der Waals surface area (Å²) in [5, 5.41) is 12.8. The molecule has 0 radical (unpaired) electrons. The van der Waals surface area contributed by atoms with Crippen LogP contribution in [0.2, 0.25) is 0 Å². The lowest BCUT2D eigenvalue weighted by Crippen LogP contribution is -2.32. The lowest BCUT2D eigenvalue weighted by molar-refractivity contribution is -0.384. The van der Waals surface area contributed by atoms with Crippen molar-refractivity contribution in [3.63, 3.8) is 0 Å². The molecular weight excluding hydrogens is 340 g/mol. The summed E-state index contributed by atoms with van der Waals surface area (Å²) in [6.45, 7) is 0.985.